The second-order valence-corrected chi connectivity index (χ2v) is 6.04. The largest absolute Gasteiger partial charge is 0.368 e. The van der Waals surface area contributed by atoms with Gasteiger partial charge in [0.1, 0.15) is 0 Å². The van der Waals surface area contributed by atoms with Crippen LogP contribution in [0.1, 0.15) is 23.7 Å². The molecule has 0 saturated carbocycles. The van der Waals surface area contributed by atoms with E-state index in [0.717, 1.165) is 11.1 Å². The van der Waals surface area contributed by atoms with Crippen LogP contribution in [0.4, 0.5) is 5.95 Å². The summed E-state index contributed by atoms with van der Waals surface area (Å²) >= 11 is 0. The zero-order valence-electron chi connectivity index (χ0n) is 14.1. The third-order valence-corrected chi connectivity index (χ3v) is 4.33. The molecule has 1 aliphatic heterocycles. The Hall–Kier alpha value is -2.96. The lowest BCUT2D eigenvalue weighted by molar-refractivity contribution is -0.124. The summed E-state index contributed by atoms with van der Waals surface area (Å²) in [6.45, 7) is 3.58. The van der Waals surface area contributed by atoms with Crippen molar-refractivity contribution in [2.45, 2.75) is 13.3 Å². The first kappa shape index (κ1) is 16.9. The van der Waals surface area contributed by atoms with Crippen molar-refractivity contribution in [2.24, 2.45) is 5.92 Å². The molecule has 130 valence electrons. The molecule has 0 radical (unpaired) electrons. The lowest BCUT2D eigenvalue weighted by Crippen LogP contribution is -2.34. The number of nitrogens with one attached hydrogen (secondary N) is 1. The standard InChI is InChI=1S/C18H21N5O2/c1-2-20-16(24)14-7-8-23(11-14)17(25)13-5-3-12(4-6-13)15-9-21-18(19)22-10-15/h3-6,9-10,14H,2,7-8,11H2,1H3,(H,20,24)(H2,19,21,22)/t14-/m0/s1. The van der Waals surface area contributed by atoms with E-state index in [1.165, 1.54) is 0 Å². The second-order valence-electron chi connectivity index (χ2n) is 6.04. The van der Waals surface area contributed by atoms with Gasteiger partial charge in [-0.2, -0.15) is 0 Å². The molecule has 1 fully saturated rings. The number of nitrogen functional groups attached to an aromatic ring is 1. The molecule has 25 heavy (non-hydrogen) atoms. The Labute approximate surface area is 146 Å². The number of carbonyl (C=O) groups is 2. The molecule has 1 saturated heterocycles. The summed E-state index contributed by atoms with van der Waals surface area (Å²) in [5, 5.41) is 2.82. The molecular formula is C18H21N5O2. The van der Waals surface area contributed by atoms with E-state index in [9.17, 15) is 9.59 Å². The topological polar surface area (TPSA) is 101 Å². The predicted molar refractivity (Wildman–Crippen MR) is 94.6 cm³/mol. The molecule has 1 aromatic heterocycles. The second kappa shape index (κ2) is 7.29. The van der Waals surface area contributed by atoms with E-state index >= 15 is 0 Å². The Kier molecular flexibility index (Phi) is 4.92. The molecule has 2 amide bonds. The van der Waals surface area contributed by atoms with E-state index in [1.54, 1.807) is 29.4 Å². The molecule has 1 atom stereocenters. The number of likely N-dealkylation sites (tertiary alicyclic amines) is 1. The van der Waals surface area contributed by atoms with Crippen molar-refractivity contribution in [3.8, 4) is 11.1 Å². The van der Waals surface area contributed by atoms with Gasteiger partial charge < -0.3 is 16.0 Å². The Balaban J connectivity index is 1.67. The van der Waals surface area contributed by atoms with Gasteiger partial charge in [-0.3, -0.25) is 9.59 Å². The SMILES string of the molecule is CCNC(=O)[C@H]1CCN(C(=O)c2ccc(-c3cnc(N)nc3)cc2)C1. The fourth-order valence-corrected chi connectivity index (χ4v) is 2.95. The molecule has 2 aromatic rings. The summed E-state index contributed by atoms with van der Waals surface area (Å²) in [4.78, 5) is 34.2. The lowest BCUT2D eigenvalue weighted by atomic mass is 10.1. The fraction of sp³-hybridized carbons (Fsp3) is 0.333. The number of rotatable bonds is 4. The summed E-state index contributed by atoms with van der Waals surface area (Å²) in [6.07, 6.45) is 4.01. The molecule has 2 heterocycles. The first-order valence-corrected chi connectivity index (χ1v) is 8.33. The van der Waals surface area contributed by atoms with Crippen molar-refractivity contribution in [1.82, 2.24) is 20.2 Å². The minimum absolute atomic E-state index is 0.0245. The van der Waals surface area contributed by atoms with Gasteiger partial charge in [-0.1, -0.05) is 12.1 Å². The zero-order chi connectivity index (χ0) is 17.8. The number of hydrogen-bond donors (Lipinski definition) is 2. The Morgan fingerprint density at radius 1 is 1.20 bits per heavy atom. The maximum atomic E-state index is 12.6. The van der Waals surface area contributed by atoms with Crippen LogP contribution in [0.2, 0.25) is 0 Å². The lowest BCUT2D eigenvalue weighted by Gasteiger charge is -2.16. The maximum Gasteiger partial charge on any atom is 0.253 e. The molecule has 0 spiro atoms. The summed E-state index contributed by atoms with van der Waals surface area (Å²) in [5.41, 5.74) is 7.85. The van der Waals surface area contributed by atoms with Crippen molar-refractivity contribution in [2.75, 3.05) is 25.4 Å². The van der Waals surface area contributed by atoms with Crippen LogP contribution in [0.15, 0.2) is 36.7 Å². The number of amides is 2. The zero-order valence-corrected chi connectivity index (χ0v) is 14.1. The third kappa shape index (κ3) is 3.76. The van der Waals surface area contributed by atoms with Crippen LogP contribution in [-0.4, -0.2) is 46.3 Å². The number of nitrogens with two attached hydrogens (primary N) is 1. The number of hydrogen-bond acceptors (Lipinski definition) is 5. The van der Waals surface area contributed by atoms with Crippen LogP contribution in [0.25, 0.3) is 11.1 Å². The van der Waals surface area contributed by atoms with Gasteiger partial charge in [-0.25, -0.2) is 9.97 Å². The highest BCUT2D eigenvalue weighted by Crippen LogP contribution is 2.22. The summed E-state index contributed by atoms with van der Waals surface area (Å²) in [6, 6.07) is 7.29. The van der Waals surface area contributed by atoms with E-state index < -0.39 is 0 Å². The molecule has 1 aliphatic rings. The van der Waals surface area contributed by atoms with Crippen molar-refractivity contribution < 1.29 is 9.59 Å². The first-order chi connectivity index (χ1) is 12.1. The van der Waals surface area contributed by atoms with Crippen LogP contribution in [-0.2, 0) is 4.79 Å². The third-order valence-electron chi connectivity index (χ3n) is 4.33. The molecule has 0 unspecified atom stereocenters. The molecular weight excluding hydrogens is 318 g/mol. The van der Waals surface area contributed by atoms with Gasteiger partial charge in [-0.15, -0.1) is 0 Å². The molecule has 0 aliphatic carbocycles. The molecule has 7 nitrogen and oxygen atoms in total. The summed E-state index contributed by atoms with van der Waals surface area (Å²) < 4.78 is 0. The monoisotopic (exact) mass is 339 g/mol. The number of nitrogens with zero attached hydrogens (tertiary/aromatic N) is 3. The van der Waals surface area contributed by atoms with Gasteiger partial charge in [0.2, 0.25) is 11.9 Å². The van der Waals surface area contributed by atoms with Crippen molar-refractivity contribution >= 4 is 17.8 Å². The van der Waals surface area contributed by atoms with Crippen molar-refractivity contribution in [3.05, 3.63) is 42.2 Å². The van der Waals surface area contributed by atoms with Crippen molar-refractivity contribution in [3.63, 3.8) is 0 Å². The number of anilines is 1. The van der Waals surface area contributed by atoms with E-state index in [4.69, 9.17) is 5.73 Å². The number of carbonyl (C=O) groups excluding carboxylic acids is 2. The molecule has 0 bridgehead atoms. The highest BCUT2D eigenvalue weighted by atomic mass is 16.2. The van der Waals surface area contributed by atoms with E-state index in [1.807, 2.05) is 19.1 Å². The Morgan fingerprint density at radius 2 is 1.88 bits per heavy atom. The van der Waals surface area contributed by atoms with E-state index in [-0.39, 0.29) is 23.7 Å². The van der Waals surface area contributed by atoms with Crippen molar-refractivity contribution in [1.29, 1.82) is 0 Å². The first-order valence-electron chi connectivity index (χ1n) is 8.33. The minimum Gasteiger partial charge on any atom is -0.368 e. The average molecular weight is 339 g/mol. The van der Waals surface area contributed by atoms with Gasteiger partial charge in [-0.05, 0) is 31.0 Å². The number of aromatic nitrogens is 2. The maximum absolute atomic E-state index is 12.6. The van der Waals surface area contributed by atoms with E-state index in [0.29, 0.717) is 31.6 Å². The fourth-order valence-electron chi connectivity index (χ4n) is 2.95. The molecule has 1 aromatic carbocycles. The Morgan fingerprint density at radius 3 is 2.52 bits per heavy atom. The molecule has 7 heteroatoms. The van der Waals surface area contributed by atoms with Gasteiger partial charge in [0.05, 0.1) is 5.92 Å². The summed E-state index contributed by atoms with van der Waals surface area (Å²) in [7, 11) is 0. The van der Waals surface area contributed by atoms with Gasteiger partial charge in [0, 0.05) is 43.2 Å². The summed E-state index contributed by atoms with van der Waals surface area (Å²) in [5.74, 6) is 0.0877. The quantitative estimate of drug-likeness (QED) is 0.875. The van der Waals surface area contributed by atoms with E-state index in [2.05, 4.69) is 15.3 Å². The van der Waals surface area contributed by atoms with Crippen LogP contribution < -0.4 is 11.1 Å². The van der Waals surface area contributed by atoms with Gasteiger partial charge in [0.25, 0.3) is 5.91 Å². The highest BCUT2D eigenvalue weighted by Gasteiger charge is 2.31. The Bertz CT molecular complexity index is 758. The highest BCUT2D eigenvalue weighted by molar-refractivity contribution is 5.95. The molecule has 3 N–H and O–H groups in total. The van der Waals surface area contributed by atoms with Crippen LogP contribution in [0.3, 0.4) is 0 Å². The van der Waals surface area contributed by atoms with Crippen LogP contribution in [0, 0.1) is 5.92 Å². The van der Waals surface area contributed by atoms with Crippen LogP contribution in [0.5, 0.6) is 0 Å². The van der Waals surface area contributed by atoms with Gasteiger partial charge >= 0.3 is 0 Å². The van der Waals surface area contributed by atoms with Gasteiger partial charge in [0.15, 0.2) is 0 Å². The normalized spacial score (nSPS) is 16.7. The van der Waals surface area contributed by atoms with Crippen LogP contribution >= 0.6 is 0 Å². The average Bonchev–Trinajstić information content (AvgIpc) is 3.12. The minimum atomic E-state index is -0.116. The predicted octanol–water partition coefficient (Wildman–Crippen LogP) is 1.32. The number of benzene rings is 1. The molecule has 3 rings (SSSR count). The smallest absolute Gasteiger partial charge is 0.253 e.